The first-order valence-electron chi connectivity index (χ1n) is 8.87. The van der Waals surface area contributed by atoms with Crippen molar-refractivity contribution in [2.75, 3.05) is 16.8 Å². The fourth-order valence-electron chi connectivity index (χ4n) is 3.27. The Hall–Kier alpha value is -3.41. The van der Waals surface area contributed by atoms with Gasteiger partial charge < -0.3 is 14.7 Å². The van der Waals surface area contributed by atoms with Crippen LogP contribution in [-0.4, -0.2) is 23.5 Å². The minimum absolute atomic E-state index is 0.138. The summed E-state index contributed by atoms with van der Waals surface area (Å²) in [7, 11) is 0. The van der Waals surface area contributed by atoms with Gasteiger partial charge in [0.25, 0.3) is 5.91 Å². The van der Waals surface area contributed by atoms with Crippen LogP contribution < -0.4 is 10.2 Å². The molecule has 3 aromatic rings. The van der Waals surface area contributed by atoms with Gasteiger partial charge in [-0.15, -0.1) is 0 Å². The van der Waals surface area contributed by atoms with Gasteiger partial charge in [0, 0.05) is 29.9 Å². The number of hydrogen-bond acceptors (Lipinski definition) is 4. The van der Waals surface area contributed by atoms with Crippen LogP contribution in [0.2, 0.25) is 0 Å². The van der Waals surface area contributed by atoms with Crippen molar-refractivity contribution in [1.29, 1.82) is 0 Å². The minimum atomic E-state index is -0.280. The topological polar surface area (TPSA) is 75.4 Å². The summed E-state index contributed by atoms with van der Waals surface area (Å²) in [6, 6.07) is 16.7. The zero-order valence-electron chi connectivity index (χ0n) is 14.9. The number of carbonyl (C=O) groups is 2. The van der Waals surface area contributed by atoms with Gasteiger partial charge in [-0.3, -0.25) is 9.59 Å². The molecular formula is C21H19N3O3. The first-order chi connectivity index (χ1) is 13.1. The van der Waals surface area contributed by atoms with Crippen molar-refractivity contribution >= 4 is 23.2 Å². The summed E-state index contributed by atoms with van der Waals surface area (Å²) >= 11 is 0. The lowest BCUT2D eigenvalue weighted by molar-refractivity contribution is -0.117. The van der Waals surface area contributed by atoms with Crippen LogP contribution in [-0.2, 0) is 4.79 Å². The molecule has 27 heavy (non-hydrogen) atoms. The molecule has 6 heteroatoms. The second-order valence-corrected chi connectivity index (χ2v) is 6.48. The van der Waals surface area contributed by atoms with E-state index in [2.05, 4.69) is 10.5 Å². The Morgan fingerprint density at radius 3 is 2.52 bits per heavy atom. The van der Waals surface area contributed by atoms with E-state index in [1.165, 1.54) is 0 Å². The zero-order valence-corrected chi connectivity index (χ0v) is 14.9. The monoisotopic (exact) mass is 361 g/mol. The fourth-order valence-corrected chi connectivity index (χ4v) is 3.27. The van der Waals surface area contributed by atoms with E-state index < -0.39 is 0 Å². The van der Waals surface area contributed by atoms with Gasteiger partial charge in [-0.05, 0) is 37.6 Å². The Kier molecular flexibility index (Phi) is 4.46. The van der Waals surface area contributed by atoms with E-state index in [1.54, 1.807) is 24.0 Å². The highest BCUT2D eigenvalue weighted by Gasteiger charge is 2.23. The third-order valence-electron chi connectivity index (χ3n) is 4.65. The molecule has 0 aliphatic carbocycles. The van der Waals surface area contributed by atoms with Gasteiger partial charge in [-0.1, -0.05) is 35.5 Å². The molecule has 1 aromatic heterocycles. The molecule has 0 atom stereocenters. The Morgan fingerprint density at radius 2 is 1.85 bits per heavy atom. The molecule has 0 bridgehead atoms. The van der Waals surface area contributed by atoms with Crippen molar-refractivity contribution < 1.29 is 14.1 Å². The molecule has 4 rings (SSSR count). The lowest BCUT2D eigenvalue weighted by Gasteiger charge is -2.16. The summed E-state index contributed by atoms with van der Waals surface area (Å²) in [6.07, 6.45) is 1.47. The summed E-state index contributed by atoms with van der Waals surface area (Å²) in [4.78, 5) is 26.4. The van der Waals surface area contributed by atoms with Crippen LogP contribution in [0.5, 0.6) is 0 Å². The molecule has 6 nitrogen and oxygen atoms in total. The lowest BCUT2D eigenvalue weighted by Crippen LogP contribution is -2.23. The van der Waals surface area contributed by atoms with Crippen molar-refractivity contribution in [3.05, 3.63) is 65.9 Å². The molecular weight excluding hydrogens is 342 g/mol. The third-order valence-corrected chi connectivity index (χ3v) is 4.65. The summed E-state index contributed by atoms with van der Waals surface area (Å²) < 4.78 is 5.25. The number of nitrogens with one attached hydrogen (secondary N) is 1. The van der Waals surface area contributed by atoms with E-state index in [4.69, 9.17) is 4.52 Å². The SMILES string of the molecule is Cc1onc(-c2ccccc2)c1C(=O)Nc1ccc(N2CCCC2=O)cc1. The molecule has 1 saturated heterocycles. The Bertz CT molecular complexity index is 978. The molecule has 136 valence electrons. The van der Waals surface area contributed by atoms with E-state index in [0.717, 1.165) is 24.2 Å². The number of amides is 2. The van der Waals surface area contributed by atoms with Gasteiger partial charge in [-0.25, -0.2) is 0 Å². The maximum Gasteiger partial charge on any atom is 0.261 e. The number of benzene rings is 2. The predicted molar refractivity (Wildman–Crippen MR) is 103 cm³/mol. The number of carbonyl (C=O) groups excluding carboxylic acids is 2. The van der Waals surface area contributed by atoms with Crippen molar-refractivity contribution in [3.8, 4) is 11.3 Å². The highest BCUT2D eigenvalue weighted by molar-refractivity contribution is 6.09. The van der Waals surface area contributed by atoms with E-state index in [0.29, 0.717) is 29.1 Å². The Morgan fingerprint density at radius 1 is 1.11 bits per heavy atom. The van der Waals surface area contributed by atoms with E-state index in [9.17, 15) is 9.59 Å². The van der Waals surface area contributed by atoms with Crippen molar-refractivity contribution in [3.63, 3.8) is 0 Å². The second-order valence-electron chi connectivity index (χ2n) is 6.48. The fraction of sp³-hybridized carbons (Fsp3) is 0.190. The average Bonchev–Trinajstić information content (AvgIpc) is 3.29. The first kappa shape index (κ1) is 17.0. The molecule has 0 saturated carbocycles. The van der Waals surface area contributed by atoms with Crippen LogP contribution in [0.3, 0.4) is 0 Å². The molecule has 0 unspecified atom stereocenters. The molecule has 2 aromatic carbocycles. The van der Waals surface area contributed by atoms with Crippen molar-refractivity contribution in [2.24, 2.45) is 0 Å². The maximum absolute atomic E-state index is 12.8. The number of aryl methyl sites for hydroxylation is 1. The Labute approximate surface area is 156 Å². The summed E-state index contributed by atoms with van der Waals surface area (Å²) in [5, 5.41) is 6.93. The van der Waals surface area contributed by atoms with Gasteiger partial charge in [-0.2, -0.15) is 0 Å². The van der Waals surface area contributed by atoms with Gasteiger partial charge in [0.15, 0.2) is 0 Å². The van der Waals surface area contributed by atoms with Crippen molar-refractivity contribution in [1.82, 2.24) is 5.16 Å². The van der Waals surface area contributed by atoms with Gasteiger partial charge >= 0.3 is 0 Å². The van der Waals surface area contributed by atoms with Gasteiger partial charge in [0.05, 0.1) is 0 Å². The van der Waals surface area contributed by atoms with Crippen LogP contribution in [0, 0.1) is 6.92 Å². The first-order valence-corrected chi connectivity index (χ1v) is 8.87. The largest absolute Gasteiger partial charge is 0.360 e. The van der Waals surface area contributed by atoms with Crippen LogP contribution in [0.25, 0.3) is 11.3 Å². The molecule has 0 radical (unpaired) electrons. The molecule has 1 N–H and O–H groups in total. The quantitative estimate of drug-likeness (QED) is 0.761. The Balaban J connectivity index is 1.55. The van der Waals surface area contributed by atoms with Crippen LogP contribution in [0.15, 0.2) is 59.1 Å². The second kappa shape index (κ2) is 7.07. The molecule has 1 aliphatic rings. The van der Waals surface area contributed by atoms with Crippen LogP contribution >= 0.6 is 0 Å². The summed E-state index contributed by atoms with van der Waals surface area (Å²) in [5.74, 6) is 0.322. The maximum atomic E-state index is 12.8. The highest BCUT2D eigenvalue weighted by atomic mass is 16.5. The number of rotatable bonds is 4. The normalized spacial score (nSPS) is 13.8. The van der Waals surface area contributed by atoms with Gasteiger partial charge in [0.2, 0.25) is 5.91 Å². The standard InChI is InChI=1S/C21H19N3O3/c1-14-19(20(23-27-14)15-6-3-2-4-7-15)21(26)22-16-9-11-17(12-10-16)24-13-5-8-18(24)25/h2-4,6-7,9-12H,5,8,13H2,1H3,(H,22,26). The molecule has 1 fully saturated rings. The predicted octanol–water partition coefficient (Wildman–Crippen LogP) is 4.03. The van der Waals surface area contributed by atoms with E-state index >= 15 is 0 Å². The zero-order chi connectivity index (χ0) is 18.8. The molecule has 2 heterocycles. The van der Waals surface area contributed by atoms with E-state index in [1.807, 2.05) is 42.5 Å². The third kappa shape index (κ3) is 3.33. The number of aromatic nitrogens is 1. The molecule has 2 amide bonds. The van der Waals surface area contributed by atoms with E-state index in [-0.39, 0.29) is 11.8 Å². The van der Waals surface area contributed by atoms with Crippen LogP contribution in [0.4, 0.5) is 11.4 Å². The van der Waals surface area contributed by atoms with Crippen molar-refractivity contribution in [2.45, 2.75) is 19.8 Å². The molecule has 1 aliphatic heterocycles. The molecule has 0 spiro atoms. The average molecular weight is 361 g/mol. The highest BCUT2D eigenvalue weighted by Crippen LogP contribution is 2.27. The summed E-state index contributed by atoms with van der Waals surface area (Å²) in [6.45, 7) is 2.46. The van der Waals surface area contributed by atoms with Gasteiger partial charge in [0.1, 0.15) is 17.0 Å². The number of nitrogens with zero attached hydrogens (tertiary/aromatic N) is 2. The number of hydrogen-bond donors (Lipinski definition) is 1. The summed E-state index contributed by atoms with van der Waals surface area (Å²) in [5.41, 5.74) is 3.25. The number of anilines is 2. The minimum Gasteiger partial charge on any atom is -0.360 e. The lowest BCUT2D eigenvalue weighted by atomic mass is 10.1. The smallest absolute Gasteiger partial charge is 0.261 e. The van der Waals surface area contributed by atoms with Crippen LogP contribution in [0.1, 0.15) is 29.0 Å².